The molecule has 0 fully saturated rings. The van der Waals surface area contributed by atoms with Crippen LogP contribution in [-0.2, 0) is 27.3 Å². The topological polar surface area (TPSA) is 140 Å². The molecule has 0 aromatic heterocycles. The zero-order valence-corrected chi connectivity index (χ0v) is 23.4. The minimum absolute atomic E-state index is 0.0739. The lowest BCUT2D eigenvalue weighted by molar-refractivity contribution is -0.385. The zero-order valence-electron chi connectivity index (χ0n) is 23.4. The van der Waals surface area contributed by atoms with Gasteiger partial charge in [-0.2, -0.15) is 0 Å². The monoisotopic (exact) mass is 582 g/mol. The van der Waals surface area contributed by atoms with Crippen molar-refractivity contribution in [1.82, 2.24) is 15.5 Å². The Kier molecular flexibility index (Phi) is 8.92. The van der Waals surface area contributed by atoms with Gasteiger partial charge in [0, 0.05) is 44.3 Å². The maximum atomic E-state index is 13.9. The van der Waals surface area contributed by atoms with E-state index in [0.717, 1.165) is 16.3 Å². The van der Waals surface area contributed by atoms with E-state index in [-0.39, 0.29) is 48.8 Å². The third-order valence-electron chi connectivity index (χ3n) is 7.09. The van der Waals surface area contributed by atoms with Crippen molar-refractivity contribution in [2.45, 2.75) is 19.0 Å². The molecule has 0 aliphatic carbocycles. The molecule has 1 aliphatic rings. The molecule has 4 bridgehead atoms. The van der Waals surface area contributed by atoms with Crippen molar-refractivity contribution in [2.24, 2.45) is 0 Å². The summed E-state index contributed by atoms with van der Waals surface area (Å²) in [6, 6.07) is 23.0. The molecule has 0 radical (unpaired) electrons. The minimum atomic E-state index is -0.968. The van der Waals surface area contributed by atoms with Gasteiger partial charge in [-0.3, -0.25) is 24.5 Å². The van der Waals surface area contributed by atoms with Crippen molar-refractivity contribution in [3.8, 4) is 11.5 Å². The van der Waals surface area contributed by atoms with Gasteiger partial charge in [-0.15, -0.1) is 0 Å². The second-order valence-electron chi connectivity index (χ2n) is 10.1. The number of nitro benzene ring substituents is 1. The van der Waals surface area contributed by atoms with Crippen LogP contribution in [0.4, 0.5) is 5.69 Å². The van der Waals surface area contributed by atoms with Gasteiger partial charge in [0.1, 0.15) is 18.3 Å². The van der Waals surface area contributed by atoms with E-state index in [4.69, 9.17) is 9.47 Å². The van der Waals surface area contributed by atoms with Crippen molar-refractivity contribution in [3.05, 3.63) is 112 Å². The van der Waals surface area contributed by atoms with Gasteiger partial charge in [0.05, 0.1) is 11.5 Å². The van der Waals surface area contributed by atoms with Gasteiger partial charge in [0.25, 0.3) is 5.91 Å². The Bertz CT molecular complexity index is 1680. The number of fused-ring (bicyclic) bond motifs is 5. The summed E-state index contributed by atoms with van der Waals surface area (Å²) in [6.45, 7) is 0.246. The van der Waals surface area contributed by atoms with Crippen molar-refractivity contribution in [1.29, 1.82) is 0 Å². The van der Waals surface area contributed by atoms with Gasteiger partial charge >= 0.3 is 5.69 Å². The molecule has 1 unspecified atom stereocenters. The van der Waals surface area contributed by atoms with E-state index in [2.05, 4.69) is 10.6 Å². The minimum Gasteiger partial charge on any atom is -0.450 e. The molecule has 0 saturated carbocycles. The summed E-state index contributed by atoms with van der Waals surface area (Å²) in [5.41, 5.74) is 1.25. The molecule has 4 aromatic rings. The summed E-state index contributed by atoms with van der Waals surface area (Å²) >= 11 is 0. The van der Waals surface area contributed by atoms with E-state index >= 15 is 0 Å². The Morgan fingerprint density at radius 2 is 1.86 bits per heavy atom. The van der Waals surface area contributed by atoms with Gasteiger partial charge in [-0.25, -0.2) is 0 Å². The molecule has 2 N–H and O–H groups in total. The highest BCUT2D eigenvalue weighted by molar-refractivity contribution is 5.98. The Balaban J connectivity index is 1.57. The fourth-order valence-electron chi connectivity index (χ4n) is 5.02. The van der Waals surface area contributed by atoms with Crippen LogP contribution in [0.25, 0.3) is 10.8 Å². The van der Waals surface area contributed by atoms with Crippen molar-refractivity contribution >= 4 is 34.2 Å². The molecular weight excluding hydrogens is 552 g/mol. The molecule has 220 valence electrons. The molecule has 43 heavy (non-hydrogen) atoms. The number of nitro groups is 1. The van der Waals surface area contributed by atoms with Crippen LogP contribution < -0.4 is 15.4 Å². The third kappa shape index (κ3) is 6.96. The molecule has 3 amide bonds. The molecule has 1 atom stereocenters. The van der Waals surface area contributed by atoms with Crippen molar-refractivity contribution in [3.63, 3.8) is 0 Å². The molecule has 0 spiro atoms. The predicted octanol–water partition coefficient (Wildman–Crippen LogP) is 3.99. The summed E-state index contributed by atoms with van der Waals surface area (Å²) in [5, 5.41) is 19.3. The van der Waals surface area contributed by atoms with Crippen molar-refractivity contribution in [2.75, 3.05) is 26.8 Å². The van der Waals surface area contributed by atoms with Crippen LogP contribution in [0, 0.1) is 10.1 Å². The second kappa shape index (κ2) is 13.1. The molecule has 4 aromatic carbocycles. The number of amides is 3. The molecule has 1 heterocycles. The maximum absolute atomic E-state index is 13.9. The number of methoxy groups -OCH3 is 1. The molecule has 5 rings (SSSR count). The van der Waals surface area contributed by atoms with Crippen LogP contribution in [0.1, 0.15) is 21.5 Å². The Morgan fingerprint density at radius 1 is 1.07 bits per heavy atom. The number of benzene rings is 4. The lowest BCUT2D eigenvalue weighted by Crippen LogP contribution is -2.51. The standard InChI is InChI=1S/C32H30N4O7/c1-42-15-14-33-31(38)27-17-21-6-4-10-25(16-21)43-29-18-23(12-13-28(29)36(40)41)32(39)35(20-30(37)34-27)19-24-9-5-8-22-7-2-3-11-26(22)24/h2-13,16,18,27H,14-15,17,19-20H2,1H3,(H,33,38)(H,34,37). The van der Waals surface area contributed by atoms with Gasteiger partial charge in [-0.05, 0) is 40.1 Å². The average Bonchev–Trinajstić information content (AvgIpc) is 3.00. The fraction of sp³-hybridized carbons (Fsp3) is 0.219. The zero-order chi connectivity index (χ0) is 30.3. The fourth-order valence-corrected chi connectivity index (χ4v) is 5.02. The van der Waals surface area contributed by atoms with Crippen LogP contribution in [0.5, 0.6) is 11.5 Å². The summed E-state index contributed by atoms with van der Waals surface area (Å²) in [7, 11) is 1.52. The normalized spacial score (nSPS) is 15.3. The van der Waals surface area contributed by atoms with Crippen LogP contribution in [0.2, 0.25) is 0 Å². The molecule has 1 aliphatic heterocycles. The Labute approximate surface area is 247 Å². The summed E-state index contributed by atoms with van der Waals surface area (Å²) < 4.78 is 11.0. The lowest BCUT2D eigenvalue weighted by Gasteiger charge is -2.26. The van der Waals surface area contributed by atoms with E-state index in [0.29, 0.717) is 12.2 Å². The quantitative estimate of drug-likeness (QED) is 0.191. The first kappa shape index (κ1) is 29.2. The highest BCUT2D eigenvalue weighted by atomic mass is 16.6. The Hall–Kier alpha value is -5.29. The van der Waals surface area contributed by atoms with Crippen LogP contribution in [0.15, 0.2) is 84.9 Å². The van der Waals surface area contributed by atoms with Gasteiger partial charge < -0.3 is 25.0 Å². The van der Waals surface area contributed by atoms with Gasteiger partial charge in [-0.1, -0.05) is 54.6 Å². The van der Waals surface area contributed by atoms with E-state index in [1.807, 2.05) is 42.5 Å². The molecule has 0 saturated heterocycles. The largest absolute Gasteiger partial charge is 0.450 e. The maximum Gasteiger partial charge on any atom is 0.311 e. The molecule has 11 heteroatoms. The number of nitrogens with zero attached hydrogens (tertiary/aromatic N) is 2. The van der Waals surface area contributed by atoms with Crippen LogP contribution in [0.3, 0.4) is 0 Å². The number of hydrogen-bond acceptors (Lipinski definition) is 7. The van der Waals surface area contributed by atoms with E-state index < -0.39 is 28.7 Å². The second-order valence-corrected chi connectivity index (χ2v) is 10.1. The lowest BCUT2D eigenvalue weighted by atomic mass is 10.0. The SMILES string of the molecule is COCCNC(=O)C1Cc2cccc(c2)Oc2cc(ccc2[N+](=O)[O-])C(=O)N(Cc2cccc3ccccc23)CC(=O)N1. The highest BCUT2D eigenvalue weighted by Crippen LogP contribution is 2.33. The number of rotatable bonds is 7. The van der Waals surface area contributed by atoms with Gasteiger partial charge in [0.15, 0.2) is 0 Å². The summed E-state index contributed by atoms with van der Waals surface area (Å²) in [5.74, 6) is -1.33. The van der Waals surface area contributed by atoms with Crippen LogP contribution >= 0.6 is 0 Å². The first-order valence-corrected chi connectivity index (χ1v) is 13.7. The Morgan fingerprint density at radius 3 is 2.67 bits per heavy atom. The first-order valence-electron chi connectivity index (χ1n) is 13.7. The van der Waals surface area contributed by atoms with E-state index in [1.54, 1.807) is 24.3 Å². The number of carbonyl (C=O) groups excluding carboxylic acids is 3. The van der Waals surface area contributed by atoms with Crippen LogP contribution in [-0.4, -0.2) is 60.4 Å². The predicted molar refractivity (Wildman–Crippen MR) is 159 cm³/mol. The number of hydrogen-bond donors (Lipinski definition) is 2. The first-order chi connectivity index (χ1) is 20.8. The highest BCUT2D eigenvalue weighted by Gasteiger charge is 2.27. The third-order valence-corrected chi connectivity index (χ3v) is 7.09. The van der Waals surface area contributed by atoms with Crippen molar-refractivity contribution < 1.29 is 28.8 Å². The summed E-state index contributed by atoms with van der Waals surface area (Å²) in [4.78, 5) is 53.1. The van der Waals surface area contributed by atoms with E-state index in [1.165, 1.54) is 30.2 Å². The number of nitrogens with one attached hydrogen (secondary N) is 2. The smallest absolute Gasteiger partial charge is 0.311 e. The number of ether oxygens (including phenoxy) is 2. The van der Waals surface area contributed by atoms with Gasteiger partial charge in [0.2, 0.25) is 17.6 Å². The number of carbonyl (C=O) groups is 3. The van der Waals surface area contributed by atoms with E-state index in [9.17, 15) is 24.5 Å². The summed E-state index contributed by atoms with van der Waals surface area (Å²) in [6.07, 6.45) is 0.112. The molecule has 11 nitrogen and oxygen atoms in total. The average molecular weight is 583 g/mol. The molecular formula is C32H30N4O7.